The number of hydrogen-bond acceptors (Lipinski definition) is 1. The Bertz CT molecular complexity index is 13.5. The molecule has 0 saturated heterocycles. The van der Waals surface area contributed by atoms with Crippen molar-refractivity contribution >= 4 is 23.1 Å². The smallest absolute Gasteiger partial charge is 1.00 e. The maximum absolute atomic E-state index is 7.00. The SMILES string of the molecule is CO.[Cu].[H-].[H-].[Mg+2]. The van der Waals surface area contributed by atoms with Crippen LogP contribution in [0.5, 0.6) is 0 Å². The van der Waals surface area contributed by atoms with Crippen LogP contribution in [0.25, 0.3) is 0 Å². The summed E-state index contributed by atoms with van der Waals surface area (Å²) in [7, 11) is 1.00. The summed E-state index contributed by atoms with van der Waals surface area (Å²) in [4.78, 5) is 0. The van der Waals surface area contributed by atoms with Gasteiger partial charge in [0.2, 0.25) is 0 Å². The first kappa shape index (κ1) is 18.7. The molecule has 0 aromatic heterocycles. The number of rotatable bonds is 0. The number of hydrogen-bond donors (Lipinski definition) is 1. The van der Waals surface area contributed by atoms with E-state index in [0.717, 1.165) is 7.11 Å². The van der Waals surface area contributed by atoms with Crippen molar-refractivity contribution in [3.8, 4) is 0 Å². The average Bonchev–Trinajstić information content (AvgIpc) is 1.00. The van der Waals surface area contributed by atoms with Gasteiger partial charge in [0, 0.05) is 24.2 Å². The van der Waals surface area contributed by atoms with Gasteiger partial charge in [0.05, 0.1) is 0 Å². The van der Waals surface area contributed by atoms with Gasteiger partial charge >= 0.3 is 23.1 Å². The minimum atomic E-state index is 0. The Morgan fingerprint density at radius 2 is 1.50 bits per heavy atom. The zero-order chi connectivity index (χ0) is 2.00. The predicted molar refractivity (Wildman–Crippen MR) is 16.1 cm³/mol. The normalized spacial score (nSPS) is 1.50. The van der Waals surface area contributed by atoms with Crippen LogP contribution in [0.15, 0.2) is 0 Å². The molecule has 0 heterocycles. The largest absolute Gasteiger partial charge is 2.00 e. The Morgan fingerprint density at radius 1 is 1.50 bits per heavy atom. The van der Waals surface area contributed by atoms with E-state index in [4.69, 9.17) is 5.11 Å². The Hall–Kier alpha value is 1.25. The molecule has 0 spiro atoms. The van der Waals surface area contributed by atoms with Crippen LogP contribution in [0, 0.1) is 0 Å². The molecule has 4 heavy (non-hydrogen) atoms. The standard InChI is InChI=1S/CH4O.Cu.Mg.2H/c1-2;;;;/h2H,1H3;;;;/q;;+2;2*-1. The molecule has 1 nitrogen and oxygen atoms in total. The molecule has 0 aromatic rings. The molecular formula is CH6CuMgO. The molecule has 0 atom stereocenters. The van der Waals surface area contributed by atoms with E-state index in [-0.39, 0.29) is 43.0 Å². The van der Waals surface area contributed by atoms with Crippen LogP contribution in [0.4, 0.5) is 0 Å². The van der Waals surface area contributed by atoms with Crippen LogP contribution in [0.1, 0.15) is 2.85 Å². The molecule has 29 valence electrons. The van der Waals surface area contributed by atoms with Crippen LogP contribution in [-0.2, 0) is 17.1 Å². The maximum Gasteiger partial charge on any atom is 2.00 e. The van der Waals surface area contributed by atoms with Crippen molar-refractivity contribution in [1.82, 2.24) is 0 Å². The average molecular weight is 122 g/mol. The quantitative estimate of drug-likeness (QED) is 0.427. The summed E-state index contributed by atoms with van der Waals surface area (Å²) in [6.07, 6.45) is 0. The fourth-order valence-corrected chi connectivity index (χ4v) is 0. The Kier molecular flexibility index (Phi) is 135. The second kappa shape index (κ2) is 28.8. The molecule has 0 aliphatic rings. The van der Waals surface area contributed by atoms with E-state index in [9.17, 15) is 0 Å². The summed E-state index contributed by atoms with van der Waals surface area (Å²) < 4.78 is 0. The minimum Gasteiger partial charge on any atom is -1.00 e. The summed E-state index contributed by atoms with van der Waals surface area (Å²) in [5.41, 5.74) is 0. The number of aliphatic hydroxyl groups excluding tert-OH is 1. The fraction of sp³-hybridized carbons (Fsp3) is 1.00. The molecule has 3 heteroatoms. The predicted octanol–water partition coefficient (Wildman–Crippen LogP) is -0.550. The van der Waals surface area contributed by atoms with E-state index in [1.54, 1.807) is 0 Å². The third-order valence-electron chi connectivity index (χ3n) is 0. The van der Waals surface area contributed by atoms with Crippen molar-refractivity contribution in [1.29, 1.82) is 0 Å². The van der Waals surface area contributed by atoms with Gasteiger partial charge in [-0.15, -0.1) is 0 Å². The van der Waals surface area contributed by atoms with Gasteiger partial charge < -0.3 is 7.96 Å². The van der Waals surface area contributed by atoms with Gasteiger partial charge in [-0.25, -0.2) is 0 Å². The van der Waals surface area contributed by atoms with Gasteiger partial charge in [-0.05, 0) is 0 Å². The summed E-state index contributed by atoms with van der Waals surface area (Å²) in [5.74, 6) is 0. The van der Waals surface area contributed by atoms with E-state index in [2.05, 4.69) is 0 Å². The van der Waals surface area contributed by atoms with Crippen molar-refractivity contribution in [2.24, 2.45) is 0 Å². The van der Waals surface area contributed by atoms with Crippen molar-refractivity contribution < 1.29 is 25.0 Å². The molecule has 0 aromatic carbocycles. The van der Waals surface area contributed by atoms with E-state index in [1.165, 1.54) is 0 Å². The third-order valence-corrected chi connectivity index (χ3v) is 0. The van der Waals surface area contributed by atoms with Crippen LogP contribution in [0.2, 0.25) is 0 Å². The monoisotopic (exact) mass is 121 g/mol. The topological polar surface area (TPSA) is 20.2 Å². The summed E-state index contributed by atoms with van der Waals surface area (Å²) >= 11 is 0. The Morgan fingerprint density at radius 3 is 1.50 bits per heavy atom. The van der Waals surface area contributed by atoms with E-state index >= 15 is 0 Å². The molecule has 1 N–H and O–H groups in total. The van der Waals surface area contributed by atoms with Gasteiger partial charge in [-0.1, -0.05) is 0 Å². The Balaban J connectivity index is -0.000000000833. The van der Waals surface area contributed by atoms with Crippen molar-refractivity contribution in [3.63, 3.8) is 0 Å². The van der Waals surface area contributed by atoms with Gasteiger partial charge in [-0.2, -0.15) is 0 Å². The first-order valence-corrected chi connectivity index (χ1v) is 0.447. The van der Waals surface area contributed by atoms with E-state index in [0.29, 0.717) is 0 Å². The van der Waals surface area contributed by atoms with E-state index < -0.39 is 0 Å². The first-order valence-electron chi connectivity index (χ1n) is 0.447. The van der Waals surface area contributed by atoms with Crippen molar-refractivity contribution in [3.05, 3.63) is 0 Å². The molecule has 0 unspecified atom stereocenters. The maximum atomic E-state index is 7.00. The molecule has 0 bridgehead atoms. The van der Waals surface area contributed by atoms with Gasteiger partial charge in [0.15, 0.2) is 0 Å². The molecule has 0 fully saturated rings. The second-order valence-corrected chi connectivity index (χ2v) is 0. The molecular weight excluding hydrogens is 116 g/mol. The van der Waals surface area contributed by atoms with Crippen molar-refractivity contribution in [2.75, 3.05) is 7.11 Å². The summed E-state index contributed by atoms with van der Waals surface area (Å²) in [5, 5.41) is 7.00. The molecule has 0 aliphatic heterocycles. The Labute approximate surface area is 55.4 Å². The summed E-state index contributed by atoms with van der Waals surface area (Å²) in [6.45, 7) is 0. The van der Waals surface area contributed by atoms with Crippen molar-refractivity contribution in [2.45, 2.75) is 0 Å². The van der Waals surface area contributed by atoms with Gasteiger partial charge in [0.1, 0.15) is 0 Å². The van der Waals surface area contributed by atoms with Gasteiger partial charge in [0.25, 0.3) is 0 Å². The van der Waals surface area contributed by atoms with E-state index in [1.807, 2.05) is 0 Å². The zero-order valence-corrected chi connectivity index (χ0v) is 4.81. The van der Waals surface area contributed by atoms with Gasteiger partial charge in [-0.3, -0.25) is 0 Å². The van der Waals surface area contributed by atoms with Crippen LogP contribution >= 0.6 is 0 Å². The van der Waals surface area contributed by atoms with Crippen LogP contribution in [-0.4, -0.2) is 35.3 Å². The zero-order valence-electron chi connectivity index (χ0n) is 4.46. The second-order valence-electron chi connectivity index (χ2n) is 0. The summed E-state index contributed by atoms with van der Waals surface area (Å²) in [6, 6.07) is 0. The number of aliphatic hydroxyl groups is 1. The van der Waals surface area contributed by atoms with Crippen LogP contribution < -0.4 is 0 Å². The molecule has 1 radical (unpaired) electrons. The molecule has 0 rings (SSSR count). The fourth-order valence-electron chi connectivity index (χ4n) is 0. The first-order chi connectivity index (χ1) is 1.00. The molecule has 0 amide bonds. The molecule has 0 aliphatic carbocycles. The minimum absolute atomic E-state index is 0. The van der Waals surface area contributed by atoms with Crippen LogP contribution in [0.3, 0.4) is 0 Å². The third kappa shape index (κ3) is 10.5. The molecule has 0 saturated carbocycles.